The Balaban J connectivity index is 2.71. The Kier molecular flexibility index (Phi) is 4.06. The highest BCUT2D eigenvalue weighted by molar-refractivity contribution is 5.99. The third-order valence-electron chi connectivity index (χ3n) is 1.89. The van der Waals surface area contributed by atoms with E-state index in [1.807, 2.05) is 0 Å². The summed E-state index contributed by atoms with van der Waals surface area (Å²) in [5.74, 6) is 0.391. The van der Waals surface area contributed by atoms with E-state index >= 15 is 0 Å². The molecule has 0 heterocycles. The Morgan fingerprint density at radius 1 is 1.53 bits per heavy atom. The first kappa shape index (κ1) is 11.5. The first-order valence-corrected chi connectivity index (χ1v) is 4.71. The number of carbonyl (C=O) groups excluding carboxylic acids is 1. The summed E-state index contributed by atoms with van der Waals surface area (Å²) in [4.78, 5) is 11.4. The molecule has 1 N–H and O–H groups in total. The van der Waals surface area contributed by atoms with Crippen molar-refractivity contribution < 1.29 is 14.6 Å². The van der Waals surface area contributed by atoms with E-state index in [9.17, 15) is 4.79 Å². The van der Waals surface area contributed by atoms with E-state index in [0.29, 0.717) is 17.9 Å². The number of hydrogen-bond donors (Lipinski definition) is 1. The van der Waals surface area contributed by atoms with Crippen LogP contribution >= 0.6 is 0 Å². The van der Waals surface area contributed by atoms with Gasteiger partial charge >= 0.3 is 0 Å². The van der Waals surface area contributed by atoms with Crippen molar-refractivity contribution >= 4 is 5.78 Å². The fraction of sp³-hybridized carbons (Fsp3) is 0.250. The van der Waals surface area contributed by atoms with Crippen LogP contribution in [-0.2, 0) is 0 Å². The first-order chi connectivity index (χ1) is 7.15. The molecular formula is C12H14O3. The highest BCUT2D eigenvalue weighted by Gasteiger charge is 2.11. The lowest BCUT2D eigenvalue weighted by molar-refractivity contribution is 0.0779. The fourth-order valence-electron chi connectivity index (χ4n) is 1.11. The molecule has 0 aliphatic carbocycles. The van der Waals surface area contributed by atoms with Crippen LogP contribution in [0.25, 0.3) is 0 Å². The highest BCUT2D eigenvalue weighted by Crippen LogP contribution is 2.13. The Morgan fingerprint density at radius 3 is 2.60 bits per heavy atom. The molecule has 1 atom stereocenters. The van der Waals surface area contributed by atoms with Crippen LogP contribution in [0.15, 0.2) is 36.9 Å². The number of carbonyl (C=O) groups is 1. The monoisotopic (exact) mass is 206 g/mol. The maximum Gasteiger partial charge on any atom is 0.190 e. The summed E-state index contributed by atoms with van der Waals surface area (Å²) in [5, 5.41) is 9.09. The molecule has 1 aromatic carbocycles. The molecule has 3 nitrogen and oxygen atoms in total. The standard InChI is InChI=1S/C12H14O3/c1-3-8-15-11-6-4-10(5-7-11)12(14)9(2)13/h3-7,9,13H,1,8H2,2H3/t9-/m0/s1. The Morgan fingerprint density at radius 2 is 2.13 bits per heavy atom. The van der Waals surface area contributed by atoms with Crippen molar-refractivity contribution in [2.75, 3.05) is 6.61 Å². The van der Waals surface area contributed by atoms with Crippen LogP contribution in [0.5, 0.6) is 5.75 Å². The van der Waals surface area contributed by atoms with Crippen molar-refractivity contribution in [3.63, 3.8) is 0 Å². The van der Waals surface area contributed by atoms with Crippen LogP contribution in [0.1, 0.15) is 17.3 Å². The zero-order valence-electron chi connectivity index (χ0n) is 8.64. The van der Waals surface area contributed by atoms with E-state index in [-0.39, 0.29) is 5.78 Å². The van der Waals surface area contributed by atoms with Gasteiger partial charge in [0.25, 0.3) is 0 Å². The second-order valence-electron chi connectivity index (χ2n) is 3.16. The fourth-order valence-corrected chi connectivity index (χ4v) is 1.11. The van der Waals surface area contributed by atoms with Gasteiger partial charge < -0.3 is 9.84 Å². The number of rotatable bonds is 5. The molecule has 3 heteroatoms. The number of benzene rings is 1. The molecule has 80 valence electrons. The second kappa shape index (κ2) is 5.32. The Hall–Kier alpha value is -1.61. The maximum atomic E-state index is 11.4. The van der Waals surface area contributed by atoms with Crippen LogP contribution in [0.4, 0.5) is 0 Å². The zero-order valence-corrected chi connectivity index (χ0v) is 8.64. The third-order valence-corrected chi connectivity index (χ3v) is 1.89. The van der Waals surface area contributed by atoms with Gasteiger partial charge in [0.05, 0.1) is 0 Å². The van der Waals surface area contributed by atoms with E-state index < -0.39 is 6.10 Å². The molecule has 0 spiro atoms. The van der Waals surface area contributed by atoms with Crippen LogP contribution in [0, 0.1) is 0 Å². The largest absolute Gasteiger partial charge is 0.490 e. The molecule has 1 aromatic rings. The summed E-state index contributed by atoms with van der Waals surface area (Å²) >= 11 is 0. The molecule has 0 radical (unpaired) electrons. The van der Waals surface area contributed by atoms with E-state index in [4.69, 9.17) is 9.84 Å². The molecule has 15 heavy (non-hydrogen) atoms. The number of aliphatic hydroxyl groups is 1. The summed E-state index contributed by atoms with van der Waals surface area (Å²) in [6, 6.07) is 6.65. The molecule has 0 aromatic heterocycles. The van der Waals surface area contributed by atoms with Gasteiger partial charge in [0, 0.05) is 5.56 Å². The lowest BCUT2D eigenvalue weighted by Crippen LogP contribution is -2.15. The lowest BCUT2D eigenvalue weighted by Gasteiger charge is -2.05. The van der Waals surface area contributed by atoms with Gasteiger partial charge in [0.2, 0.25) is 0 Å². The summed E-state index contributed by atoms with van der Waals surface area (Å²) < 4.78 is 5.26. The first-order valence-electron chi connectivity index (χ1n) is 4.71. The molecule has 1 rings (SSSR count). The molecule has 0 fully saturated rings. The predicted molar refractivity (Wildman–Crippen MR) is 58.1 cm³/mol. The second-order valence-corrected chi connectivity index (χ2v) is 3.16. The van der Waals surface area contributed by atoms with Crippen LogP contribution < -0.4 is 4.74 Å². The number of Topliss-reactive ketones (excluding diaryl/α,β-unsaturated/α-hetero) is 1. The van der Waals surface area contributed by atoms with E-state index in [2.05, 4.69) is 6.58 Å². The average Bonchev–Trinajstić information content (AvgIpc) is 2.26. The Bertz CT molecular complexity index is 338. The Labute approximate surface area is 89.0 Å². The van der Waals surface area contributed by atoms with Gasteiger partial charge in [-0.1, -0.05) is 12.7 Å². The van der Waals surface area contributed by atoms with Crippen molar-refractivity contribution in [2.45, 2.75) is 13.0 Å². The van der Waals surface area contributed by atoms with Crippen molar-refractivity contribution in [1.29, 1.82) is 0 Å². The van der Waals surface area contributed by atoms with Gasteiger partial charge in [-0.25, -0.2) is 0 Å². The van der Waals surface area contributed by atoms with Crippen molar-refractivity contribution in [3.05, 3.63) is 42.5 Å². The number of hydrogen-bond acceptors (Lipinski definition) is 3. The topological polar surface area (TPSA) is 46.5 Å². The van der Waals surface area contributed by atoms with Crippen LogP contribution in [-0.4, -0.2) is 23.6 Å². The van der Waals surface area contributed by atoms with E-state index in [1.165, 1.54) is 6.92 Å². The highest BCUT2D eigenvalue weighted by atomic mass is 16.5. The molecule has 0 aliphatic heterocycles. The average molecular weight is 206 g/mol. The number of ether oxygens (including phenoxy) is 1. The minimum atomic E-state index is -0.968. The molecule has 0 amide bonds. The minimum Gasteiger partial charge on any atom is -0.490 e. The van der Waals surface area contributed by atoms with Crippen molar-refractivity contribution in [2.24, 2.45) is 0 Å². The van der Waals surface area contributed by atoms with Gasteiger partial charge in [-0.3, -0.25) is 4.79 Å². The quantitative estimate of drug-likeness (QED) is 0.590. The summed E-state index contributed by atoms with van der Waals surface area (Å²) in [6.07, 6.45) is 0.680. The summed E-state index contributed by atoms with van der Waals surface area (Å²) in [5.41, 5.74) is 0.482. The predicted octanol–water partition coefficient (Wildman–Crippen LogP) is 1.81. The minimum absolute atomic E-state index is 0.287. The molecule has 0 bridgehead atoms. The third kappa shape index (κ3) is 3.22. The van der Waals surface area contributed by atoms with E-state index in [1.54, 1.807) is 30.3 Å². The van der Waals surface area contributed by atoms with Gasteiger partial charge in [-0.05, 0) is 31.2 Å². The van der Waals surface area contributed by atoms with E-state index in [0.717, 1.165) is 0 Å². The number of ketones is 1. The van der Waals surface area contributed by atoms with Crippen molar-refractivity contribution in [3.8, 4) is 5.75 Å². The maximum absolute atomic E-state index is 11.4. The van der Waals surface area contributed by atoms with Gasteiger partial charge in [-0.15, -0.1) is 0 Å². The molecular weight excluding hydrogens is 192 g/mol. The molecule has 0 unspecified atom stereocenters. The molecule has 0 saturated carbocycles. The van der Waals surface area contributed by atoms with Crippen molar-refractivity contribution in [1.82, 2.24) is 0 Å². The summed E-state index contributed by atoms with van der Waals surface area (Å²) in [6.45, 7) is 5.42. The molecule has 0 aliphatic rings. The SMILES string of the molecule is C=CCOc1ccc(C(=O)[C@H](C)O)cc1. The normalized spacial score (nSPS) is 11.9. The smallest absolute Gasteiger partial charge is 0.190 e. The van der Waals surface area contributed by atoms with Crippen LogP contribution in [0.3, 0.4) is 0 Å². The molecule has 0 saturated heterocycles. The number of aliphatic hydroxyl groups excluding tert-OH is 1. The lowest BCUT2D eigenvalue weighted by atomic mass is 10.1. The van der Waals surface area contributed by atoms with Gasteiger partial charge in [-0.2, -0.15) is 0 Å². The zero-order chi connectivity index (χ0) is 11.3. The van der Waals surface area contributed by atoms with Gasteiger partial charge in [0.15, 0.2) is 5.78 Å². The van der Waals surface area contributed by atoms with Crippen LogP contribution in [0.2, 0.25) is 0 Å². The van der Waals surface area contributed by atoms with Gasteiger partial charge in [0.1, 0.15) is 18.5 Å². The summed E-state index contributed by atoms with van der Waals surface area (Å²) in [7, 11) is 0.